The van der Waals surface area contributed by atoms with Crippen molar-refractivity contribution < 1.29 is 5.11 Å². The van der Waals surface area contributed by atoms with Gasteiger partial charge in [0.1, 0.15) is 0 Å². The Morgan fingerprint density at radius 3 is 2.73 bits per heavy atom. The van der Waals surface area contributed by atoms with Crippen LogP contribution in [0.1, 0.15) is 37.6 Å². The van der Waals surface area contributed by atoms with Crippen LogP contribution in [-0.4, -0.2) is 20.5 Å². The highest BCUT2D eigenvalue weighted by Crippen LogP contribution is 2.37. The molecule has 3 heteroatoms. The van der Waals surface area contributed by atoms with Crippen LogP contribution in [-0.2, 0) is 13.5 Å². The van der Waals surface area contributed by atoms with E-state index in [1.54, 1.807) is 0 Å². The second-order valence-electron chi connectivity index (χ2n) is 5.22. The molecule has 0 aromatic carbocycles. The molecule has 1 heterocycles. The number of rotatable bonds is 4. The van der Waals surface area contributed by atoms with Crippen molar-refractivity contribution in [2.75, 3.05) is 0 Å². The summed E-state index contributed by atoms with van der Waals surface area (Å²) in [6, 6.07) is 2.06. The quantitative estimate of drug-likeness (QED) is 0.819. The van der Waals surface area contributed by atoms with Gasteiger partial charge in [-0.2, -0.15) is 5.10 Å². The van der Waals surface area contributed by atoms with Crippen molar-refractivity contribution in [1.82, 2.24) is 9.78 Å². The summed E-state index contributed by atoms with van der Waals surface area (Å²) in [5, 5.41) is 14.6. The van der Waals surface area contributed by atoms with Crippen LogP contribution in [0.25, 0.3) is 0 Å². The molecule has 1 fully saturated rings. The molecule has 15 heavy (non-hydrogen) atoms. The molecule has 0 aliphatic heterocycles. The lowest BCUT2D eigenvalue weighted by Gasteiger charge is -2.23. The Morgan fingerprint density at radius 2 is 2.27 bits per heavy atom. The van der Waals surface area contributed by atoms with Crippen molar-refractivity contribution in [3.63, 3.8) is 0 Å². The van der Waals surface area contributed by atoms with Crippen molar-refractivity contribution in [3.05, 3.63) is 17.5 Å². The van der Waals surface area contributed by atoms with Crippen LogP contribution in [0, 0.1) is 12.8 Å². The highest BCUT2D eigenvalue weighted by molar-refractivity contribution is 5.11. The van der Waals surface area contributed by atoms with E-state index in [1.165, 1.54) is 12.8 Å². The largest absolute Gasteiger partial charge is 0.390 e. The minimum absolute atomic E-state index is 0.568. The summed E-state index contributed by atoms with van der Waals surface area (Å²) < 4.78 is 1.87. The first-order chi connectivity index (χ1) is 6.96. The van der Waals surface area contributed by atoms with Crippen LogP contribution in [0.3, 0.4) is 0 Å². The standard InChI is InChI=1S/C12H20N2O/c1-9-6-11(14(3)13-9)8-12(2,15)7-10-4-5-10/h6,10,15H,4-5,7-8H2,1-3H3. The average Bonchev–Trinajstić information content (AvgIpc) is 2.79. The zero-order valence-electron chi connectivity index (χ0n) is 9.82. The monoisotopic (exact) mass is 208 g/mol. The predicted octanol–water partition coefficient (Wildman–Crippen LogP) is 1.82. The van der Waals surface area contributed by atoms with E-state index in [0.29, 0.717) is 6.42 Å². The molecule has 1 saturated carbocycles. The first-order valence-corrected chi connectivity index (χ1v) is 5.68. The van der Waals surface area contributed by atoms with Gasteiger partial charge in [0.2, 0.25) is 0 Å². The SMILES string of the molecule is Cc1cc(CC(C)(O)CC2CC2)n(C)n1. The molecule has 1 atom stereocenters. The van der Waals surface area contributed by atoms with Crippen LogP contribution in [0.4, 0.5) is 0 Å². The number of aliphatic hydroxyl groups is 1. The molecule has 1 unspecified atom stereocenters. The van der Waals surface area contributed by atoms with Gasteiger partial charge in [0, 0.05) is 19.2 Å². The topological polar surface area (TPSA) is 38.0 Å². The Labute approximate surface area is 91.1 Å². The predicted molar refractivity (Wildman–Crippen MR) is 59.6 cm³/mol. The van der Waals surface area contributed by atoms with Gasteiger partial charge in [-0.15, -0.1) is 0 Å². The summed E-state index contributed by atoms with van der Waals surface area (Å²) in [5.41, 5.74) is 1.58. The lowest BCUT2D eigenvalue weighted by atomic mass is 9.93. The molecule has 2 rings (SSSR count). The van der Waals surface area contributed by atoms with Gasteiger partial charge in [0.15, 0.2) is 0 Å². The van der Waals surface area contributed by atoms with E-state index >= 15 is 0 Å². The molecule has 1 aromatic rings. The molecular formula is C12H20N2O. The zero-order chi connectivity index (χ0) is 11.1. The number of aryl methyl sites for hydroxylation is 2. The fraction of sp³-hybridized carbons (Fsp3) is 0.750. The van der Waals surface area contributed by atoms with Gasteiger partial charge in [-0.1, -0.05) is 12.8 Å². The van der Waals surface area contributed by atoms with E-state index in [2.05, 4.69) is 11.2 Å². The van der Waals surface area contributed by atoms with Crippen LogP contribution >= 0.6 is 0 Å². The minimum atomic E-state index is -0.568. The van der Waals surface area contributed by atoms with Gasteiger partial charge >= 0.3 is 0 Å². The molecule has 1 aliphatic carbocycles. The molecule has 3 nitrogen and oxygen atoms in total. The highest BCUT2D eigenvalue weighted by Gasteiger charge is 2.32. The molecule has 1 aliphatic rings. The van der Waals surface area contributed by atoms with E-state index in [1.807, 2.05) is 25.6 Å². The molecule has 0 saturated heterocycles. The molecule has 0 radical (unpaired) electrons. The summed E-state index contributed by atoms with van der Waals surface area (Å²) in [7, 11) is 1.94. The third kappa shape index (κ3) is 2.81. The molecular weight excluding hydrogens is 188 g/mol. The summed E-state index contributed by atoms with van der Waals surface area (Å²) >= 11 is 0. The normalized spacial score (nSPS) is 20.3. The maximum absolute atomic E-state index is 10.3. The second kappa shape index (κ2) is 3.63. The average molecular weight is 208 g/mol. The van der Waals surface area contributed by atoms with Crippen molar-refractivity contribution in [3.8, 4) is 0 Å². The van der Waals surface area contributed by atoms with Gasteiger partial charge in [0.05, 0.1) is 11.3 Å². The van der Waals surface area contributed by atoms with Gasteiger partial charge < -0.3 is 5.11 Å². The van der Waals surface area contributed by atoms with E-state index < -0.39 is 5.60 Å². The first-order valence-electron chi connectivity index (χ1n) is 5.68. The molecule has 0 amide bonds. The van der Waals surface area contributed by atoms with E-state index in [4.69, 9.17) is 0 Å². The Kier molecular flexibility index (Phi) is 2.59. The summed E-state index contributed by atoms with van der Waals surface area (Å²) in [6.07, 6.45) is 4.22. The lowest BCUT2D eigenvalue weighted by Crippen LogP contribution is -2.28. The second-order valence-corrected chi connectivity index (χ2v) is 5.22. The number of hydrogen-bond acceptors (Lipinski definition) is 2. The third-order valence-corrected chi connectivity index (χ3v) is 3.09. The number of hydrogen-bond donors (Lipinski definition) is 1. The van der Waals surface area contributed by atoms with Crippen LogP contribution in [0.15, 0.2) is 6.07 Å². The lowest BCUT2D eigenvalue weighted by molar-refractivity contribution is 0.0437. The van der Waals surface area contributed by atoms with Crippen LogP contribution in [0.2, 0.25) is 0 Å². The Hall–Kier alpha value is -0.830. The van der Waals surface area contributed by atoms with Crippen LogP contribution < -0.4 is 0 Å². The van der Waals surface area contributed by atoms with Crippen molar-refractivity contribution in [1.29, 1.82) is 0 Å². The van der Waals surface area contributed by atoms with Crippen molar-refractivity contribution >= 4 is 0 Å². The number of nitrogens with zero attached hydrogens (tertiary/aromatic N) is 2. The fourth-order valence-electron chi connectivity index (χ4n) is 2.24. The van der Waals surface area contributed by atoms with E-state index in [-0.39, 0.29) is 0 Å². The molecule has 0 bridgehead atoms. The van der Waals surface area contributed by atoms with E-state index in [9.17, 15) is 5.11 Å². The first kappa shape index (κ1) is 10.7. The Balaban J connectivity index is 2.02. The van der Waals surface area contributed by atoms with Gasteiger partial charge in [-0.05, 0) is 32.3 Å². The van der Waals surface area contributed by atoms with Gasteiger partial charge in [-0.25, -0.2) is 0 Å². The van der Waals surface area contributed by atoms with Gasteiger partial charge in [0.25, 0.3) is 0 Å². The van der Waals surface area contributed by atoms with Crippen molar-refractivity contribution in [2.45, 2.75) is 45.1 Å². The fourth-order valence-corrected chi connectivity index (χ4v) is 2.24. The van der Waals surface area contributed by atoms with Crippen LogP contribution in [0.5, 0.6) is 0 Å². The smallest absolute Gasteiger partial charge is 0.0677 e. The summed E-state index contributed by atoms with van der Waals surface area (Å²) in [4.78, 5) is 0. The minimum Gasteiger partial charge on any atom is -0.390 e. The molecule has 1 aromatic heterocycles. The molecule has 1 N–H and O–H groups in total. The van der Waals surface area contributed by atoms with Gasteiger partial charge in [-0.3, -0.25) is 4.68 Å². The Bertz CT molecular complexity index is 351. The maximum atomic E-state index is 10.3. The molecule has 0 spiro atoms. The Morgan fingerprint density at radius 1 is 1.60 bits per heavy atom. The third-order valence-electron chi connectivity index (χ3n) is 3.09. The summed E-state index contributed by atoms with van der Waals surface area (Å²) in [5.74, 6) is 0.759. The summed E-state index contributed by atoms with van der Waals surface area (Å²) in [6.45, 7) is 3.92. The highest BCUT2D eigenvalue weighted by atomic mass is 16.3. The zero-order valence-corrected chi connectivity index (χ0v) is 9.82. The van der Waals surface area contributed by atoms with E-state index in [0.717, 1.165) is 23.7 Å². The van der Waals surface area contributed by atoms with Crippen molar-refractivity contribution in [2.24, 2.45) is 13.0 Å². The molecule has 84 valence electrons. The maximum Gasteiger partial charge on any atom is 0.0677 e. The number of aromatic nitrogens is 2.